The minimum atomic E-state index is -2.42. The lowest BCUT2D eigenvalue weighted by molar-refractivity contribution is 0.0532. The molecule has 28 heavy (non-hydrogen) atoms. The Morgan fingerprint density at radius 1 is 0.929 bits per heavy atom. The molecular weight excluding hydrogens is 392 g/mol. The largest absolute Gasteiger partial charge is 0.335 e. The van der Waals surface area contributed by atoms with Crippen LogP contribution in [0.3, 0.4) is 0 Å². The summed E-state index contributed by atoms with van der Waals surface area (Å²) >= 11 is -2.42. The lowest BCUT2D eigenvalue weighted by atomic mass is 10.1. The van der Waals surface area contributed by atoms with E-state index >= 15 is 0 Å². The van der Waals surface area contributed by atoms with Gasteiger partial charge in [-0.25, -0.2) is 13.0 Å². The molecule has 0 aliphatic carbocycles. The maximum atomic E-state index is 14.0. The van der Waals surface area contributed by atoms with Gasteiger partial charge in [-0.1, -0.05) is 12.1 Å². The predicted molar refractivity (Wildman–Crippen MR) is 99.0 cm³/mol. The number of carbonyl (C=O) groups excluding carboxylic acids is 2. The third-order valence-corrected chi connectivity index (χ3v) is 4.77. The maximum Gasteiger partial charge on any atom is 0.259 e. The van der Waals surface area contributed by atoms with E-state index in [-0.39, 0.29) is 43.0 Å². The van der Waals surface area contributed by atoms with Crippen molar-refractivity contribution < 1.29 is 27.1 Å². The third kappa shape index (κ3) is 4.34. The molecule has 2 amide bonds. The van der Waals surface area contributed by atoms with Gasteiger partial charge in [0, 0.05) is 31.7 Å². The summed E-state index contributed by atoms with van der Waals surface area (Å²) in [5, 5.41) is 0. The second kappa shape index (κ2) is 8.44. The molecule has 1 unspecified atom stereocenters. The summed E-state index contributed by atoms with van der Waals surface area (Å²) in [5.74, 6) is -2.29. The summed E-state index contributed by atoms with van der Waals surface area (Å²) in [6.07, 6.45) is 0. The fourth-order valence-electron chi connectivity index (χ4n) is 2.93. The van der Waals surface area contributed by atoms with Gasteiger partial charge in [0.1, 0.15) is 11.6 Å². The number of hydrogen-bond donors (Lipinski definition) is 2. The first kappa shape index (κ1) is 19.9. The Morgan fingerprint density at radius 2 is 1.54 bits per heavy atom. The van der Waals surface area contributed by atoms with Crippen LogP contribution < -0.4 is 4.72 Å². The zero-order valence-corrected chi connectivity index (χ0v) is 15.4. The van der Waals surface area contributed by atoms with Crippen LogP contribution in [0.25, 0.3) is 0 Å². The van der Waals surface area contributed by atoms with Crippen LogP contribution in [-0.2, 0) is 11.3 Å². The standard InChI is InChI=1S/C18H17F2N3O4S/c19-14-4-2-1-3-13(14)18(25)23-9-7-22(8-10-23)17(24)12-5-6-16(15(20)11-12)21-28(26)27/h1-6,11,21H,7-10H2,(H,26,27). The minimum absolute atomic E-state index is 0.0197. The van der Waals surface area contributed by atoms with E-state index in [1.807, 2.05) is 4.72 Å². The summed E-state index contributed by atoms with van der Waals surface area (Å²) in [5.41, 5.74) is -0.132. The zero-order chi connectivity index (χ0) is 20.3. The van der Waals surface area contributed by atoms with Crippen molar-refractivity contribution in [2.24, 2.45) is 0 Å². The van der Waals surface area contributed by atoms with Crippen molar-refractivity contribution in [1.29, 1.82) is 0 Å². The molecule has 3 rings (SSSR count). The summed E-state index contributed by atoms with van der Waals surface area (Å²) < 4.78 is 49.2. The van der Waals surface area contributed by atoms with Gasteiger partial charge in [-0.05, 0) is 30.3 Å². The van der Waals surface area contributed by atoms with Crippen molar-refractivity contribution in [3.8, 4) is 0 Å². The topological polar surface area (TPSA) is 89.9 Å². The quantitative estimate of drug-likeness (QED) is 0.757. The Bertz CT molecular complexity index is 933. The van der Waals surface area contributed by atoms with E-state index in [1.165, 1.54) is 40.1 Å². The smallest absolute Gasteiger partial charge is 0.259 e. The third-order valence-electron chi connectivity index (χ3n) is 4.37. The molecule has 1 fully saturated rings. The first-order valence-electron chi connectivity index (χ1n) is 8.37. The molecule has 0 bridgehead atoms. The van der Waals surface area contributed by atoms with Gasteiger partial charge in [0.15, 0.2) is 0 Å². The van der Waals surface area contributed by atoms with E-state index in [4.69, 9.17) is 4.55 Å². The van der Waals surface area contributed by atoms with Crippen molar-refractivity contribution in [2.45, 2.75) is 0 Å². The van der Waals surface area contributed by atoms with Crippen LogP contribution in [0.2, 0.25) is 0 Å². The Kier molecular flexibility index (Phi) is 6.00. The van der Waals surface area contributed by atoms with Crippen LogP contribution >= 0.6 is 0 Å². The first-order chi connectivity index (χ1) is 13.4. The number of nitrogens with zero attached hydrogens (tertiary/aromatic N) is 2. The molecule has 7 nitrogen and oxygen atoms in total. The van der Waals surface area contributed by atoms with Crippen LogP contribution in [0.4, 0.5) is 14.5 Å². The van der Waals surface area contributed by atoms with Crippen LogP contribution in [0.5, 0.6) is 0 Å². The molecule has 148 valence electrons. The lowest BCUT2D eigenvalue weighted by Crippen LogP contribution is -2.50. The Labute approximate surface area is 162 Å². The second-order valence-electron chi connectivity index (χ2n) is 6.11. The normalized spacial score (nSPS) is 15.2. The number of benzene rings is 2. The average Bonchev–Trinajstić information content (AvgIpc) is 2.68. The Morgan fingerprint density at radius 3 is 2.11 bits per heavy atom. The fraction of sp³-hybridized carbons (Fsp3) is 0.222. The highest BCUT2D eigenvalue weighted by molar-refractivity contribution is 7.80. The van der Waals surface area contributed by atoms with Gasteiger partial charge < -0.3 is 9.80 Å². The average molecular weight is 409 g/mol. The zero-order valence-electron chi connectivity index (χ0n) is 14.6. The molecule has 1 aliphatic heterocycles. The number of rotatable bonds is 4. The fourth-order valence-corrected chi connectivity index (χ4v) is 3.28. The summed E-state index contributed by atoms with van der Waals surface area (Å²) in [6, 6.07) is 9.23. The molecule has 1 aliphatic rings. The number of carbonyl (C=O) groups is 2. The Balaban J connectivity index is 1.64. The van der Waals surface area contributed by atoms with Crippen molar-refractivity contribution in [1.82, 2.24) is 9.80 Å². The van der Waals surface area contributed by atoms with Crippen LogP contribution in [0, 0.1) is 11.6 Å². The van der Waals surface area contributed by atoms with Gasteiger partial charge in [-0.2, -0.15) is 0 Å². The van der Waals surface area contributed by atoms with Gasteiger partial charge in [0.2, 0.25) is 0 Å². The molecule has 2 aromatic rings. The number of hydrogen-bond acceptors (Lipinski definition) is 3. The maximum absolute atomic E-state index is 14.0. The highest BCUT2D eigenvalue weighted by Gasteiger charge is 2.27. The second-order valence-corrected chi connectivity index (χ2v) is 6.81. The lowest BCUT2D eigenvalue weighted by Gasteiger charge is -2.35. The summed E-state index contributed by atoms with van der Waals surface area (Å²) in [4.78, 5) is 27.9. The molecule has 2 aromatic carbocycles. The molecule has 1 heterocycles. The van der Waals surface area contributed by atoms with Gasteiger partial charge in [-0.15, -0.1) is 0 Å². The molecule has 0 radical (unpaired) electrons. The van der Waals surface area contributed by atoms with Crippen LogP contribution in [-0.4, -0.2) is 56.6 Å². The number of halogens is 2. The molecule has 0 spiro atoms. The number of anilines is 1. The van der Waals surface area contributed by atoms with Gasteiger partial charge >= 0.3 is 0 Å². The number of amides is 2. The SMILES string of the molecule is O=C(c1ccc(NS(=O)O)c(F)c1)N1CCN(C(=O)c2ccccc2F)CC1. The summed E-state index contributed by atoms with van der Waals surface area (Å²) in [6.45, 7) is 0.900. The molecule has 0 aromatic heterocycles. The molecule has 0 saturated carbocycles. The molecule has 2 N–H and O–H groups in total. The number of nitrogens with one attached hydrogen (secondary N) is 1. The Hall–Kier alpha value is -2.85. The highest BCUT2D eigenvalue weighted by Crippen LogP contribution is 2.19. The summed E-state index contributed by atoms with van der Waals surface area (Å²) in [7, 11) is 0. The molecule has 1 saturated heterocycles. The highest BCUT2D eigenvalue weighted by atomic mass is 32.2. The van der Waals surface area contributed by atoms with E-state index < -0.39 is 34.7 Å². The number of piperazine rings is 1. The minimum Gasteiger partial charge on any atom is -0.335 e. The van der Waals surface area contributed by atoms with Gasteiger partial charge in [-0.3, -0.25) is 18.9 Å². The van der Waals surface area contributed by atoms with E-state index in [0.29, 0.717) is 0 Å². The van der Waals surface area contributed by atoms with E-state index in [1.54, 1.807) is 6.07 Å². The van der Waals surface area contributed by atoms with Crippen LogP contribution in [0.15, 0.2) is 42.5 Å². The van der Waals surface area contributed by atoms with Crippen LogP contribution in [0.1, 0.15) is 20.7 Å². The van der Waals surface area contributed by atoms with Gasteiger partial charge in [0.05, 0.1) is 11.3 Å². The molecular formula is C18H17F2N3O4S. The molecule has 10 heteroatoms. The van der Waals surface area contributed by atoms with Crippen molar-refractivity contribution in [2.75, 3.05) is 30.9 Å². The van der Waals surface area contributed by atoms with Crippen molar-refractivity contribution >= 4 is 28.8 Å². The van der Waals surface area contributed by atoms with Crippen molar-refractivity contribution in [3.63, 3.8) is 0 Å². The first-order valence-corrected chi connectivity index (χ1v) is 9.47. The van der Waals surface area contributed by atoms with Crippen molar-refractivity contribution in [3.05, 3.63) is 65.2 Å². The van der Waals surface area contributed by atoms with E-state index in [0.717, 1.165) is 6.07 Å². The predicted octanol–water partition coefficient (Wildman–Crippen LogP) is 2.11. The monoisotopic (exact) mass is 409 g/mol. The van der Waals surface area contributed by atoms with E-state index in [9.17, 15) is 22.6 Å². The van der Waals surface area contributed by atoms with E-state index in [2.05, 4.69) is 0 Å². The van der Waals surface area contributed by atoms with Gasteiger partial charge in [0.25, 0.3) is 23.1 Å². The molecule has 1 atom stereocenters.